The molecule has 8 aromatic carbocycles. The molecule has 61 heavy (non-hydrogen) atoms. The first kappa shape index (κ1) is 36.3. The molecule has 1 heterocycles. The summed E-state index contributed by atoms with van der Waals surface area (Å²) in [4.78, 5) is 7.32. The second-order valence-corrected chi connectivity index (χ2v) is 15.8. The molecule has 4 heteroatoms. The Balaban J connectivity index is 0.965. The number of rotatable bonds is 6. The summed E-state index contributed by atoms with van der Waals surface area (Å²) in [6.07, 6.45) is 10.1. The largest absolute Gasteiger partial charge is 0.398 e. The van der Waals surface area contributed by atoms with Crippen molar-refractivity contribution in [3.8, 4) is 33.4 Å². The van der Waals surface area contributed by atoms with E-state index < -0.39 is 5.41 Å². The second-order valence-electron chi connectivity index (χ2n) is 15.8. The zero-order valence-electron chi connectivity index (χ0n) is 33.3. The van der Waals surface area contributed by atoms with Crippen LogP contribution >= 0.6 is 0 Å². The van der Waals surface area contributed by atoms with Crippen molar-refractivity contribution in [2.24, 2.45) is 10.7 Å². The number of nitrogens with two attached hydrogens (primary N) is 1. The van der Waals surface area contributed by atoms with Gasteiger partial charge in [-0.3, -0.25) is 4.99 Å². The van der Waals surface area contributed by atoms with E-state index in [1.165, 1.54) is 0 Å². The van der Waals surface area contributed by atoms with Crippen LogP contribution in [0, 0.1) is 5.82 Å². The van der Waals surface area contributed by atoms with Gasteiger partial charge >= 0.3 is 0 Å². The van der Waals surface area contributed by atoms with Gasteiger partial charge in [0.25, 0.3) is 0 Å². The van der Waals surface area contributed by atoms with Crippen molar-refractivity contribution >= 4 is 29.0 Å². The minimum absolute atomic E-state index is 0.176. The highest BCUT2D eigenvalue weighted by Crippen LogP contribution is 2.63. The molecule has 0 radical (unpaired) electrons. The predicted molar refractivity (Wildman–Crippen MR) is 250 cm³/mol. The minimum Gasteiger partial charge on any atom is -0.398 e. The van der Waals surface area contributed by atoms with Gasteiger partial charge in [-0.1, -0.05) is 170 Å². The molecule has 2 aliphatic carbocycles. The van der Waals surface area contributed by atoms with Crippen molar-refractivity contribution in [1.82, 2.24) is 0 Å². The van der Waals surface area contributed by atoms with Crippen LogP contribution in [0.2, 0.25) is 0 Å². The molecule has 0 saturated carbocycles. The molecule has 290 valence electrons. The fraction of sp³-hybridized carbons (Fsp3) is 0.0351. The quantitative estimate of drug-likeness (QED) is 0.171. The monoisotopic (exact) mass is 785 g/mol. The Bertz CT molecular complexity index is 3060. The number of benzene rings is 8. The number of hydrogen-bond donors (Lipinski definition) is 1. The van der Waals surface area contributed by atoms with Gasteiger partial charge in [0, 0.05) is 23.2 Å². The highest BCUT2D eigenvalue weighted by molar-refractivity contribution is 5.96. The van der Waals surface area contributed by atoms with Crippen molar-refractivity contribution in [3.05, 3.63) is 263 Å². The number of hydrogen-bond acceptors (Lipinski definition) is 3. The topological polar surface area (TPSA) is 41.6 Å². The number of allylic oxidation sites excluding steroid dienone is 2. The average molecular weight is 786 g/mol. The summed E-state index contributed by atoms with van der Waals surface area (Å²) >= 11 is 0. The molecule has 8 aromatic rings. The maximum atomic E-state index is 15.6. The van der Waals surface area contributed by atoms with Gasteiger partial charge in [-0.25, -0.2) is 4.39 Å². The standard InChI is InChI=1S/C57H40FN3/c58-44-31-33-47-46-32-30-43(35-51(46)57(52(47)36-44)49-21-8-11-24-54(49)61(45-18-5-2-6-19-45)55-25-12-9-22-50(55)57)40-28-26-39(27-29-40)42-17-13-14-38(34-42)37-60-53-23-10-7-20-48(53)56(59)41-15-3-1-4-16-41/h1-37,53H,59H2/b56-48-,60-37?. The van der Waals surface area contributed by atoms with E-state index in [0.29, 0.717) is 0 Å². The third-order valence-electron chi connectivity index (χ3n) is 12.4. The SMILES string of the molecule is N/C(=C1/C=CC=CC1N=Cc1cccc(-c2ccc(-c3ccc4c(c3)C3(c5cc(F)ccc5-4)c4ccccc4N(c4ccccc4)c4ccccc43)cc2)c1)c1ccccc1. The summed E-state index contributed by atoms with van der Waals surface area (Å²) in [5.41, 5.74) is 23.9. The van der Waals surface area contributed by atoms with Crippen LogP contribution in [0.1, 0.15) is 33.4 Å². The smallest absolute Gasteiger partial charge is 0.123 e. The number of para-hydroxylation sites is 3. The van der Waals surface area contributed by atoms with Crippen molar-refractivity contribution in [1.29, 1.82) is 0 Å². The fourth-order valence-electron chi connectivity index (χ4n) is 9.67. The van der Waals surface area contributed by atoms with Crippen molar-refractivity contribution in [3.63, 3.8) is 0 Å². The first-order valence-electron chi connectivity index (χ1n) is 20.7. The molecule has 3 nitrogen and oxygen atoms in total. The van der Waals surface area contributed by atoms with E-state index in [9.17, 15) is 0 Å². The second kappa shape index (κ2) is 14.8. The first-order chi connectivity index (χ1) is 30.1. The molecule has 11 rings (SSSR count). The summed E-state index contributed by atoms with van der Waals surface area (Å²) in [5, 5.41) is 0. The lowest BCUT2D eigenvalue weighted by Crippen LogP contribution is -2.36. The van der Waals surface area contributed by atoms with Crippen molar-refractivity contribution in [2.45, 2.75) is 11.5 Å². The van der Waals surface area contributed by atoms with E-state index in [4.69, 9.17) is 10.7 Å². The molecule has 1 aliphatic heterocycles. The lowest BCUT2D eigenvalue weighted by molar-refractivity contribution is 0.621. The average Bonchev–Trinajstić information content (AvgIpc) is 3.60. The molecule has 1 atom stereocenters. The molecule has 0 bridgehead atoms. The van der Waals surface area contributed by atoms with Gasteiger partial charge in [0.1, 0.15) is 5.82 Å². The Kier molecular flexibility index (Phi) is 8.79. The third kappa shape index (κ3) is 5.98. The molecule has 2 N–H and O–H groups in total. The summed E-state index contributed by atoms with van der Waals surface area (Å²) in [6.45, 7) is 0. The van der Waals surface area contributed by atoms with Gasteiger partial charge in [0.15, 0.2) is 0 Å². The molecular weight excluding hydrogens is 746 g/mol. The molecule has 0 saturated heterocycles. The normalized spacial score (nSPS) is 16.3. The van der Waals surface area contributed by atoms with Crippen molar-refractivity contribution < 1.29 is 4.39 Å². The number of fused-ring (bicyclic) bond motifs is 9. The summed E-state index contributed by atoms with van der Waals surface area (Å²) in [5.74, 6) is -0.241. The first-order valence-corrected chi connectivity index (χ1v) is 20.7. The molecule has 0 amide bonds. The van der Waals surface area contributed by atoms with Gasteiger partial charge in [-0.2, -0.15) is 0 Å². The number of aliphatic imine (C=N–C) groups is 1. The predicted octanol–water partition coefficient (Wildman–Crippen LogP) is 13.6. The van der Waals surface area contributed by atoms with E-state index in [1.807, 2.05) is 66.9 Å². The Morgan fingerprint density at radius 2 is 1.13 bits per heavy atom. The van der Waals surface area contributed by atoms with E-state index in [1.54, 1.807) is 12.1 Å². The van der Waals surface area contributed by atoms with Gasteiger partial charge < -0.3 is 10.6 Å². The van der Waals surface area contributed by atoms with Crippen LogP contribution in [-0.2, 0) is 5.41 Å². The van der Waals surface area contributed by atoms with E-state index >= 15 is 4.39 Å². The Labute approximate surface area is 355 Å². The minimum atomic E-state index is -0.739. The van der Waals surface area contributed by atoms with Crippen LogP contribution in [0.25, 0.3) is 39.1 Å². The third-order valence-corrected chi connectivity index (χ3v) is 12.4. The van der Waals surface area contributed by atoms with E-state index in [-0.39, 0.29) is 11.9 Å². The Morgan fingerprint density at radius 1 is 0.541 bits per heavy atom. The highest BCUT2D eigenvalue weighted by Gasteiger charge is 2.52. The van der Waals surface area contributed by atoms with E-state index in [2.05, 4.69) is 151 Å². The van der Waals surface area contributed by atoms with Gasteiger partial charge in [-0.05, 0) is 115 Å². The molecule has 0 fully saturated rings. The van der Waals surface area contributed by atoms with Crippen LogP contribution in [0.3, 0.4) is 0 Å². The van der Waals surface area contributed by atoms with Gasteiger partial charge in [0.2, 0.25) is 0 Å². The van der Waals surface area contributed by atoms with Crippen LogP contribution in [0.5, 0.6) is 0 Å². The maximum Gasteiger partial charge on any atom is 0.123 e. The zero-order chi connectivity index (χ0) is 40.9. The van der Waals surface area contributed by atoms with Crippen LogP contribution in [0.15, 0.2) is 229 Å². The number of anilines is 3. The summed E-state index contributed by atoms with van der Waals surface area (Å²) in [7, 11) is 0. The van der Waals surface area contributed by atoms with Crippen LogP contribution in [0.4, 0.5) is 21.5 Å². The van der Waals surface area contributed by atoms with Crippen molar-refractivity contribution in [2.75, 3.05) is 4.90 Å². The number of halogens is 1. The Hall–Kier alpha value is -7.82. The molecular formula is C57H40FN3. The van der Waals surface area contributed by atoms with Gasteiger partial charge in [0.05, 0.1) is 22.8 Å². The Morgan fingerprint density at radius 3 is 1.84 bits per heavy atom. The fourth-order valence-corrected chi connectivity index (χ4v) is 9.67. The number of nitrogens with zero attached hydrogens (tertiary/aromatic N) is 2. The lowest BCUT2D eigenvalue weighted by atomic mass is 9.64. The van der Waals surface area contributed by atoms with E-state index in [0.717, 1.165) is 95.1 Å². The van der Waals surface area contributed by atoms with Crippen LogP contribution < -0.4 is 10.6 Å². The zero-order valence-corrected chi connectivity index (χ0v) is 33.3. The maximum absolute atomic E-state index is 15.6. The lowest BCUT2D eigenvalue weighted by Gasteiger charge is -2.45. The highest BCUT2D eigenvalue weighted by atomic mass is 19.1. The van der Waals surface area contributed by atoms with Crippen LogP contribution in [-0.4, -0.2) is 12.3 Å². The van der Waals surface area contributed by atoms with Gasteiger partial charge in [-0.15, -0.1) is 0 Å². The molecule has 1 unspecified atom stereocenters. The molecule has 3 aliphatic rings. The molecule has 1 spiro atoms. The summed E-state index contributed by atoms with van der Waals surface area (Å²) < 4.78 is 15.6. The summed E-state index contributed by atoms with van der Waals surface area (Å²) in [6, 6.07) is 67.0. The molecule has 0 aromatic heterocycles.